The highest BCUT2D eigenvalue weighted by atomic mass is 32.1. The molecule has 1 fully saturated rings. The Morgan fingerprint density at radius 2 is 2.05 bits per heavy atom. The Labute approximate surface area is 134 Å². The van der Waals surface area contributed by atoms with E-state index in [4.69, 9.17) is 0 Å². The molecule has 0 aliphatic carbocycles. The molecule has 1 N–H and O–H groups in total. The normalized spacial score (nSPS) is 29.0. The van der Waals surface area contributed by atoms with Crippen LogP contribution in [0.1, 0.15) is 62.4 Å². The van der Waals surface area contributed by atoms with Crippen molar-refractivity contribution in [3.8, 4) is 0 Å². The van der Waals surface area contributed by atoms with Crippen molar-refractivity contribution in [3.63, 3.8) is 0 Å². The van der Waals surface area contributed by atoms with Gasteiger partial charge in [-0.15, -0.1) is 11.3 Å². The van der Waals surface area contributed by atoms with E-state index in [0.717, 1.165) is 13.1 Å². The molecule has 0 aromatic carbocycles. The summed E-state index contributed by atoms with van der Waals surface area (Å²) < 4.78 is 0. The average Bonchev–Trinajstić information content (AvgIpc) is 2.76. The van der Waals surface area contributed by atoms with E-state index in [-0.39, 0.29) is 5.54 Å². The van der Waals surface area contributed by atoms with Crippen molar-refractivity contribution < 1.29 is 0 Å². The summed E-state index contributed by atoms with van der Waals surface area (Å²) in [6, 6.07) is 3.53. The van der Waals surface area contributed by atoms with Crippen LogP contribution in [0.15, 0.2) is 6.07 Å². The van der Waals surface area contributed by atoms with Crippen molar-refractivity contribution in [3.05, 3.63) is 21.4 Å². The van der Waals surface area contributed by atoms with Crippen LogP contribution < -0.4 is 5.32 Å². The molecular formula is C18H32N2S. The summed E-state index contributed by atoms with van der Waals surface area (Å²) in [6.45, 7) is 18.5. The number of thiophene rings is 1. The zero-order chi connectivity index (χ0) is 15.8. The Bertz CT molecular complexity index is 480. The lowest BCUT2D eigenvalue weighted by Gasteiger charge is -2.50. The van der Waals surface area contributed by atoms with Gasteiger partial charge in [0, 0.05) is 40.5 Å². The first-order chi connectivity index (χ1) is 9.77. The maximum absolute atomic E-state index is 3.79. The van der Waals surface area contributed by atoms with Crippen molar-refractivity contribution >= 4 is 11.3 Å². The molecular weight excluding hydrogens is 276 g/mol. The minimum absolute atomic E-state index is 0.249. The van der Waals surface area contributed by atoms with Crippen LogP contribution in [0.25, 0.3) is 0 Å². The van der Waals surface area contributed by atoms with Crippen molar-refractivity contribution in [1.29, 1.82) is 0 Å². The van der Waals surface area contributed by atoms with Crippen LogP contribution in [0.2, 0.25) is 0 Å². The highest BCUT2D eigenvalue weighted by Gasteiger charge is 2.38. The maximum Gasteiger partial charge on any atom is 0.0335 e. The van der Waals surface area contributed by atoms with Crippen LogP contribution in [0.5, 0.6) is 0 Å². The Morgan fingerprint density at radius 3 is 2.52 bits per heavy atom. The Kier molecular flexibility index (Phi) is 5.17. The van der Waals surface area contributed by atoms with E-state index >= 15 is 0 Å². The highest BCUT2D eigenvalue weighted by Crippen LogP contribution is 2.35. The van der Waals surface area contributed by atoms with Crippen LogP contribution in [-0.4, -0.2) is 29.6 Å². The molecule has 0 radical (unpaired) electrons. The number of hydrogen-bond donors (Lipinski definition) is 1. The summed E-state index contributed by atoms with van der Waals surface area (Å²) in [5.41, 5.74) is 1.78. The van der Waals surface area contributed by atoms with E-state index in [0.29, 0.717) is 18.0 Å². The predicted octanol–water partition coefficient (Wildman–Crippen LogP) is 4.52. The minimum Gasteiger partial charge on any atom is -0.309 e. The molecule has 1 aromatic rings. The van der Waals surface area contributed by atoms with E-state index < -0.39 is 0 Å². The van der Waals surface area contributed by atoms with Crippen LogP contribution in [0, 0.1) is 19.8 Å². The van der Waals surface area contributed by atoms with Crippen molar-refractivity contribution in [1.82, 2.24) is 10.2 Å². The lowest BCUT2D eigenvalue weighted by Crippen LogP contribution is -2.64. The highest BCUT2D eigenvalue weighted by molar-refractivity contribution is 7.12. The topological polar surface area (TPSA) is 15.3 Å². The molecule has 0 spiro atoms. The second kappa shape index (κ2) is 6.39. The van der Waals surface area contributed by atoms with Gasteiger partial charge in [-0.1, -0.05) is 20.8 Å². The fourth-order valence-electron chi connectivity index (χ4n) is 3.57. The van der Waals surface area contributed by atoms with Gasteiger partial charge in [0.2, 0.25) is 0 Å². The number of piperazine rings is 1. The van der Waals surface area contributed by atoms with E-state index in [1.54, 1.807) is 0 Å². The molecule has 1 aliphatic rings. The van der Waals surface area contributed by atoms with Gasteiger partial charge in [0.25, 0.3) is 0 Å². The van der Waals surface area contributed by atoms with Gasteiger partial charge in [0.05, 0.1) is 0 Å². The smallest absolute Gasteiger partial charge is 0.0335 e. The van der Waals surface area contributed by atoms with Gasteiger partial charge in [-0.3, -0.25) is 4.90 Å². The van der Waals surface area contributed by atoms with E-state index in [2.05, 4.69) is 64.7 Å². The molecule has 2 nitrogen and oxygen atoms in total. The van der Waals surface area contributed by atoms with Crippen LogP contribution in [-0.2, 0) is 0 Å². The van der Waals surface area contributed by atoms with E-state index in [1.165, 1.54) is 21.7 Å². The lowest BCUT2D eigenvalue weighted by molar-refractivity contribution is 0.0295. The molecule has 0 amide bonds. The average molecular weight is 309 g/mol. The predicted molar refractivity (Wildman–Crippen MR) is 94.2 cm³/mol. The molecule has 120 valence electrons. The summed E-state index contributed by atoms with van der Waals surface area (Å²) in [6.07, 6.45) is 1.18. The Morgan fingerprint density at radius 1 is 1.38 bits per heavy atom. The number of aryl methyl sites for hydroxylation is 2. The van der Waals surface area contributed by atoms with Crippen molar-refractivity contribution in [2.75, 3.05) is 13.1 Å². The molecule has 0 bridgehead atoms. The first kappa shape index (κ1) is 17.0. The van der Waals surface area contributed by atoms with Crippen LogP contribution >= 0.6 is 11.3 Å². The Balaban J connectivity index is 2.29. The van der Waals surface area contributed by atoms with Gasteiger partial charge in [-0.2, -0.15) is 0 Å². The first-order valence-corrected chi connectivity index (χ1v) is 9.16. The molecule has 21 heavy (non-hydrogen) atoms. The van der Waals surface area contributed by atoms with Gasteiger partial charge >= 0.3 is 0 Å². The van der Waals surface area contributed by atoms with Crippen LogP contribution in [0.3, 0.4) is 0 Å². The molecule has 2 heterocycles. The molecule has 0 saturated carbocycles. The number of hydrogen-bond acceptors (Lipinski definition) is 3. The molecule has 2 rings (SSSR count). The molecule has 1 aromatic heterocycles. The zero-order valence-corrected chi connectivity index (χ0v) is 15.6. The third-order valence-corrected chi connectivity index (χ3v) is 6.25. The van der Waals surface area contributed by atoms with Crippen LogP contribution in [0.4, 0.5) is 0 Å². The van der Waals surface area contributed by atoms with Gasteiger partial charge in [-0.05, 0) is 51.7 Å². The summed E-state index contributed by atoms with van der Waals surface area (Å²) in [4.78, 5) is 5.67. The number of nitrogens with one attached hydrogen (secondary N) is 1. The van der Waals surface area contributed by atoms with Gasteiger partial charge in [0.1, 0.15) is 0 Å². The minimum atomic E-state index is 0.249. The third kappa shape index (κ3) is 3.52. The maximum atomic E-state index is 3.79. The third-order valence-electron chi connectivity index (χ3n) is 5.27. The monoisotopic (exact) mass is 308 g/mol. The number of nitrogens with zero attached hydrogens (tertiary/aromatic N) is 1. The second-order valence-corrected chi connectivity index (χ2v) is 8.78. The first-order valence-electron chi connectivity index (χ1n) is 8.35. The Hall–Kier alpha value is -0.380. The second-order valence-electron chi connectivity index (χ2n) is 7.32. The zero-order valence-electron chi connectivity index (χ0n) is 14.8. The molecule has 3 unspecified atom stereocenters. The molecule has 1 aliphatic heterocycles. The lowest BCUT2D eigenvalue weighted by atomic mass is 9.88. The summed E-state index contributed by atoms with van der Waals surface area (Å²) in [5.74, 6) is 0.682. The van der Waals surface area contributed by atoms with Crippen molar-refractivity contribution in [2.24, 2.45) is 5.92 Å². The summed E-state index contributed by atoms with van der Waals surface area (Å²) in [7, 11) is 0. The summed E-state index contributed by atoms with van der Waals surface area (Å²) in [5, 5.41) is 3.79. The molecule has 3 heteroatoms. The largest absolute Gasteiger partial charge is 0.309 e. The van der Waals surface area contributed by atoms with E-state index in [9.17, 15) is 0 Å². The van der Waals surface area contributed by atoms with Crippen molar-refractivity contribution in [2.45, 2.75) is 72.5 Å². The SMILES string of the molecule is CCC1(C)CN(C(C)c2cc(C)sc2C)C(C(C)C)CN1. The fourth-order valence-corrected chi connectivity index (χ4v) is 4.58. The van der Waals surface area contributed by atoms with E-state index in [1.807, 2.05) is 11.3 Å². The van der Waals surface area contributed by atoms with Gasteiger partial charge < -0.3 is 5.32 Å². The summed E-state index contributed by atoms with van der Waals surface area (Å²) >= 11 is 1.93. The number of rotatable bonds is 4. The van der Waals surface area contributed by atoms with Gasteiger partial charge in [-0.25, -0.2) is 0 Å². The molecule has 3 atom stereocenters. The quantitative estimate of drug-likeness (QED) is 0.879. The standard InChI is InChI=1S/C18H32N2S/c1-8-18(7)11-20(17(10-19-18)12(2)3)14(5)16-9-13(4)21-15(16)6/h9,12,14,17,19H,8,10-11H2,1-7H3. The molecule has 1 saturated heterocycles. The van der Waals surface area contributed by atoms with Gasteiger partial charge in [0.15, 0.2) is 0 Å². The fraction of sp³-hybridized carbons (Fsp3) is 0.778.